The van der Waals surface area contributed by atoms with Gasteiger partial charge in [0.15, 0.2) is 0 Å². The Bertz CT molecular complexity index is 734. The van der Waals surface area contributed by atoms with Gasteiger partial charge in [-0.05, 0) is 51.3 Å². The van der Waals surface area contributed by atoms with Gasteiger partial charge in [0, 0.05) is 36.6 Å². The van der Waals surface area contributed by atoms with Crippen LogP contribution in [0.3, 0.4) is 0 Å². The minimum atomic E-state index is -0.523. The van der Waals surface area contributed by atoms with Gasteiger partial charge in [0.1, 0.15) is 12.4 Å². The van der Waals surface area contributed by atoms with Crippen molar-refractivity contribution in [2.45, 2.75) is 70.9 Å². The van der Waals surface area contributed by atoms with Gasteiger partial charge in [-0.25, -0.2) is 0 Å². The van der Waals surface area contributed by atoms with Gasteiger partial charge >= 0.3 is 0 Å². The van der Waals surface area contributed by atoms with E-state index in [4.69, 9.17) is 16.3 Å². The summed E-state index contributed by atoms with van der Waals surface area (Å²) in [5, 5.41) is 6.32. The van der Waals surface area contributed by atoms with Crippen LogP contribution in [0, 0.1) is 5.92 Å². The van der Waals surface area contributed by atoms with Gasteiger partial charge in [0.2, 0.25) is 11.8 Å². The molecule has 166 valence electrons. The van der Waals surface area contributed by atoms with E-state index < -0.39 is 5.92 Å². The molecule has 1 fully saturated rings. The number of anilines is 1. The lowest BCUT2D eigenvalue weighted by atomic mass is 9.93. The van der Waals surface area contributed by atoms with Crippen LogP contribution < -0.4 is 15.4 Å². The van der Waals surface area contributed by atoms with Crippen molar-refractivity contribution < 1.29 is 14.3 Å². The summed E-state index contributed by atoms with van der Waals surface area (Å²) >= 11 is 5.99. The van der Waals surface area contributed by atoms with Crippen LogP contribution >= 0.6 is 11.6 Å². The second-order valence-electron chi connectivity index (χ2n) is 8.67. The highest BCUT2D eigenvalue weighted by molar-refractivity contribution is 6.31. The van der Waals surface area contributed by atoms with E-state index in [1.807, 2.05) is 0 Å². The van der Waals surface area contributed by atoms with Crippen LogP contribution in [-0.2, 0) is 9.59 Å². The zero-order valence-corrected chi connectivity index (χ0v) is 18.8. The first-order chi connectivity index (χ1) is 14.4. The Morgan fingerprint density at radius 2 is 2.07 bits per heavy atom. The van der Waals surface area contributed by atoms with Crippen LogP contribution in [0.2, 0.25) is 5.02 Å². The molecule has 1 aliphatic carbocycles. The fraction of sp³-hybridized carbons (Fsp3) is 0.652. The van der Waals surface area contributed by atoms with Crippen molar-refractivity contribution in [2.75, 3.05) is 25.0 Å². The molecule has 7 heteroatoms. The summed E-state index contributed by atoms with van der Waals surface area (Å²) in [5.41, 5.74) is 0.548. The summed E-state index contributed by atoms with van der Waals surface area (Å²) in [7, 11) is 0. The molecule has 1 aromatic carbocycles. The van der Waals surface area contributed by atoms with Crippen molar-refractivity contribution in [3.63, 3.8) is 0 Å². The number of nitrogens with zero attached hydrogens (tertiary/aromatic N) is 1. The molecule has 0 aromatic heterocycles. The summed E-state index contributed by atoms with van der Waals surface area (Å²) < 4.78 is 5.71. The molecule has 6 nitrogen and oxygen atoms in total. The van der Waals surface area contributed by atoms with E-state index in [0.29, 0.717) is 35.1 Å². The lowest BCUT2D eigenvalue weighted by Crippen LogP contribution is -2.43. The highest BCUT2D eigenvalue weighted by Gasteiger charge is 2.27. The molecule has 30 heavy (non-hydrogen) atoms. The molecule has 2 N–H and O–H groups in total. The Kier molecular flexibility index (Phi) is 8.40. The van der Waals surface area contributed by atoms with Crippen molar-refractivity contribution in [1.82, 2.24) is 10.2 Å². The van der Waals surface area contributed by atoms with E-state index in [1.54, 1.807) is 18.2 Å². The topological polar surface area (TPSA) is 70.7 Å². The Morgan fingerprint density at radius 3 is 2.80 bits per heavy atom. The number of ether oxygens (including phenoxy) is 1. The molecule has 1 unspecified atom stereocenters. The number of carbonyl (C=O) groups is 2. The first-order valence-corrected chi connectivity index (χ1v) is 11.6. The number of hydrogen-bond acceptors (Lipinski definition) is 4. The highest BCUT2D eigenvalue weighted by atomic mass is 35.5. The molecule has 2 amide bonds. The molecular weight excluding hydrogens is 402 g/mol. The maximum Gasteiger partial charge on any atom is 0.231 e. The Labute approximate surface area is 184 Å². The second kappa shape index (κ2) is 11.0. The number of amides is 2. The third kappa shape index (κ3) is 6.35. The third-order valence-corrected chi connectivity index (χ3v) is 6.30. The van der Waals surface area contributed by atoms with Crippen LogP contribution in [0.4, 0.5) is 5.69 Å². The predicted molar refractivity (Wildman–Crippen MR) is 120 cm³/mol. The standard InChI is InChI=1S/C23H34ClN3O3/c1-16(2)27(19-7-4-3-5-8-19)12-6-11-25-22(28)13-17-15-30-21-10-9-18(24)14-20(21)26-23(17)29/h9-10,14,16-17,19H,3-8,11-13,15H2,1-2H3,(H,25,28)(H,26,29). The fourth-order valence-electron chi connectivity index (χ4n) is 4.44. The zero-order valence-electron chi connectivity index (χ0n) is 18.1. The Balaban J connectivity index is 1.41. The van der Waals surface area contributed by atoms with E-state index in [-0.39, 0.29) is 24.8 Å². The quantitative estimate of drug-likeness (QED) is 0.599. The van der Waals surface area contributed by atoms with Gasteiger partial charge in [0.25, 0.3) is 0 Å². The van der Waals surface area contributed by atoms with Crippen molar-refractivity contribution >= 4 is 29.1 Å². The minimum absolute atomic E-state index is 0.114. The van der Waals surface area contributed by atoms with Gasteiger partial charge < -0.3 is 15.4 Å². The Hall–Kier alpha value is -1.79. The van der Waals surface area contributed by atoms with Gasteiger partial charge in [-0.3, -0.25) is 14.5 Å². The number of fused-ring (bicyclic) bond motifs is 1. The monoisotopic (exact) mass is 435 g/mol. The molecular formula is C23H34ClN3O3. The number of carbonyl (C=O) groups excluding carboxylic acids is 2. The number of nitrogens with one attached hydrogen (secondary N) is 2. The van der Waals surface area contributed by atoms with Crippen molar-refractivity contribution in [3.8, 4) is 5.75 Å². The molecule has 3 rings (SSSR count). The average Bonchev–Trinajstić information content (AvgIpc) is 2.86. The molecule has 2 aliphatic rings. The molecule has 0 bridgehead atoms. The second-order valence-corrected chi connectivity index (χ2v) is 9.11. The maximum absolute atomic E-state index is 12.5. The summed E-state index contributed by atoms with van der Waals surface area (Å²) in [4.78, 5) is 27.5. The third-order valence-electron chi connectivity index (χ3n) is 6.06. The SMILES string of the molecule is CC(C)N(CCCNC(=O)CC1COc2ccc(Cl)cc2NC1=O)C1CCCCC1. The maximum atomic E-state index is 12.5. The molecule has 1 aromatic rings. The van der Waals surface area contributed by atoms with Crippen LogP contribution in [0.15, 0.2) is 18.2 Å². The fourth-order valence-corrected chi connectivity index (χ4v) is 4.61. The molecule has 1 saturated carbocycles. The molecule has 1 atom stereocenters. The average molecular weight is 436 g/mol. The van der Waals surface area contributed by atoms with Gasteiger partial charge in [-0.2, -0.15) is 0 Å². The molecule has 1 aliphatic heterocycles. The van der Waals surface area contributed by atoms with Crippen molar-refractivity contribution in [3.05, 3.63) is 23.2 Å². The summed E-state index contributed by atoms with van der Waals surface area (Å²) in [6.45, 7) is 6.30. The van der Waals surface area contributed by atoms with E-state index in [1.165, 1.54) is 32.1 Å². The van der Waals surface area contributed by atoms with Crippen LogP contribution in [-0.4, -0.2) is 48.5 Å². The Morgan fingerprint density at radius 1 is 1.30 bits per heavy atom. The van der Waals surface area contributed by atoms with Crippen LogP contribution in [0.5, 0.6) is 5.75 Å². The van der Waals surface area contributed by atoms with E-state index in [9.17, 15) is 9.59 Å². The number of halogens is 1. The molecule has 0 radical (unpaired) electrons. The van der Waals surface area contributed by atoms with E-state index in [2.05, 4.69) is 29.4 Å². The predicted octanol–water partition coefficient (Wildman–Crippen LogP) is 4.23. The minimum Gasteiger partial charge on any atom is -0.491 e. The largest absolute Gasteiger partial charge is 0.491 e. The van der Waals surface area contributed by atoms with Gasteiger partial charge in [-0.15, -0.1) is 0 Å². The number of benzene rings is 1. The number of hydrogen-bond donors (Lipinski definition) is 2. The van der Waals surface area contributed by atoms with Crippen LogP contribution in [0.25, 0.3) is 0 Å². The zero-order chi connectivity index (χ0) is 21.5. The van der Waals surface area contributed by atoms with Gasteiger partial charge in [-0.1, -0.05) is 30.9 Å². The van der Waals surface area contributed by atoms with E-state index >= 15 is 0 Å². The van der Waals surface area contributed by atoms with Crippen molar-refractivity contribution in [1.29, 1.82) is 0 Å². The summed E-state index contributed by atoms with van der Waals surface area (Å²) in [6.07, 6.45) is 7.61. The number of rotatable bonds is 8. The summed E-state index contributed by atoms with van der Waals surface area (Å²) in [5.74, 6) is -0.274. The van der Waals surface area contributed by atoms with Gasteiger partial charge in [0.05, 0.1) is 11.6 Å². The highest BCUT2D eigenvalue weighted by Crippen LogP contribution is 2.31. The lowest BCUT2D eigenvalue weighted by molar-refractivity contribution is -0.128. The molecule has 0 saturated heterocycles. The van der Waals surface area contributed by atoms with Crippen molar-refractivity contribution in [2.24, 2.45) is 5.92 Å². The summed E-state index contributed by atoms with van der Waals surface area (Å²) in [6, 6.07) is 6.30. The van der Waals surface area contributed by atoms with Crippen LogP contribution in [0.1, 0.15) is 58.8 Å². The molecule has 0 spiro atoms. The first-order valence-electron chi connectivity index (χ1n) is 11.2. The molecule has 1 heterocycles. The van der Waals surface area contributed by atoms with E-state index in [0.717, 1.165) is 13.0 Å². The lowest BCUT2D eigenvalue weighted by Gasteiger charge is -2.37. The normalized spacial score (nSPS) is 19.8. The smallest absolute Gasteiger partial charge is 0.231 e. The first kappa shape index (κ1) is 22.9.